The number of hydrogen-bond donors (Lipinski definition) is 1. The summed E-state index contributed by atoms with van der Waals surface area (Å²) in [6.07, 6.45) is 0.171. The van der Waals surface area contributed by atoms with Crippen molar-refractivity contribution < 1.29 is 9.13 Å². The summed E-state index contributed by atoms with van der Waals surface area (Å²) in [5, 5.41) is 3.22. The normalized spacial score (nSPS) is 21.2. The topological polar surface area (TPSA) is 24.5 Å². The Labute approximate surface area is 108 Å². The molecule has 1 unspecified atom stereocenters. The Morgan fingerprint density at radius 2 is 2.33 bits per heavy atom. The van der Waals surface area contributed by atoms with E-state index in [1.807, 2.05) is 6.07 Å². The van der Waals surface area contributed by atoms with Gasteiger partial charge in [0.05, 0.1) is 12.7 Å². The first-order valence-electron chi connectivity index (χ1n) is 6.50. The molecule has 1 fully saturated rings. The number of rotatable bonds is 4. The van der Waals surface area contributed by atoms with Crippen molar-refractivity contribution in [3.05, 3.63) is 30.1 Å². The molecule has 1 aromatic rings. The SMILES string of the molecule is CC(C)N1CCOC(CNc2cccc(F)c2)C1. The van der Waals surface area contributed by atoms with Crippen LogP contribution in [0.25, 0.3) is 0 Å². The van der Waals surface area contributed by atoms with Crippen LogP contribution >= 0.6 is 0 Å². The zero-order chi connectivity index (χ0) is 13.0. The summed E-state index contributed by atoms with van der Waals surface area (Å²) in [5.41, 5.74) is 0.806. The molecule has 0 aliphatic carbocycles. The quantitative estimate of drug-likeness (QED) is 0.890. The fourth-order valence-corrected chi connectivity index (χ4v) is 2.16. The molecule has 4 heteroatoms. The predicted octanol–water partition coefficient (Wildman–Crippen LogP) is 2.35. The number of benzene rings is 1. The third-order valence-corrected chi connectivity index (χ3v) is 3.26. The van der Waals surface area contributed by atoms with Crippen LogP contribution in [-0.4, -0.2) is 43.3 Å². The lowest BCUT2D eigenvalue weighted by molar-refractivity contribution is -0.0315. The zero-order valence-electron chi connectivity index (χ0n) is 11.0. The van der Waals surface area contributed by atoms with E-state index < -0.39 is 0 Å². The molecule has 0 spiro atoms. The fraction of sp³-hybridized carbons (Fsp3) is 0.571. The molecule has 0 amide bonds. The Balaban J connectivity index is 1.83. The molecule has 0 radical (unpaired) electrons. The first-order valence-corrected chi connectivity index (χ1v) is 6.50. The molecule has 0 bridgehead atoms. The Kier molecular flexibility index (Phi) is 4.55. The number of morpholine rings is 1. The van der Waals surface area contributed by atoms with E-state index in [-0.39, 0.29) is 11.9 Å². The molecule has 1 aliphatic heterocycles. The highest BCUT2D eigenvalue weighted by Crippen LogP contribution is 2.12. The number of nitrogens with one attached hydrogen (secondary N) is 1. The fourth-order valence-electron chi connectivity index (χ4n) is 2.16. The molecule has 1 atom stereocenters. The highest BCUT2D eigenvalue weighted by Gasteiger charge is 2.21. The maximum Gasteiger partial charge on any atom is 0.125 e. The van der Waals surface area contributed by atoms with Crippen molar-refractivity contribution in [2.24, 2.45) is 0 Å². The van der Waals surface area contributed by atoms with Crippen LogP contribution in [0.2, 0.25) is 0 Å². The van der Waals surface area contributed by atoms with Gasteiger partial charge in [0.1, 0.15) is 5.82 Å². The molecule has 1 N–H and O–H groups in total. The van der Waals surface area contributed by atoms with Gasteiger partial charge in [0, 0.05) is 31.4 Å². The van der Waals surface area contributed by atoms with E-state index in [1.54, 1.807) is 6.07 Å². The number of ether oxygens (including phenoxy) is 1. The number of anilines is 1. The molecule has 1 aromatic carbocycles. The first kappa shape index (κ1) is 13.3. The van der Waals surface area contributed by atoms with Crippen molar-refractivity contribution in [1.82, 2.24) is 4.90 Å². The van der Waals surface area contributed by atoms with E-state index in [4.69, 9.17) is 4.74 Å². The minimum atomic E-state index is -0.214. The third-order valence-electron chi connectivity index (χ3n) is 3.26. The van der Waals surface area contributed by atoms with Gasteiger partial charge in [-0.15, -0.1) is 0 Å². The molecule has 0 saturated carbocycles. The average Bonchev–Trinajstić information content (AvgIpc) is 2.37. The van der Waals surface area contributed by atoms with E-state index in [1.165, 1.54) is 12.1 Å². The minimum absolute atomic E-state index is 0.171. The Hall–Kier alpha value is -1.13. The lowest BCUT2D eigenvalue weighted by Gasteiger charge is -2.35. The summed E-state index contributed by atoms with van der Waals surface area (Å²) in [6.45, 7) is 7.80. The Morgan fingerprint density at radius 1 is 1.50 bits per heavy atom. The van der Waals surface area contributed by atoms with Crippen LogP contribution in [0.3, 0.4) is 0 Å². The van der Waals surface area contributed by atoms with Gasteiger partial charge in [-0.05, 0) is 32.0 Å². The molecule has 3 nitrogen and oxygen atoms in total. The number of nitrogens with zero attached hydrogens (tertiary/aromatic N) is 1. The molecule has 2 rings (SSSR count). The highest BCUT2D eigenvalue weighted by atomic mass is 19.1. The summed E-state index contributed by atoms with van der Waals surface area (Å²) < 4.78 is 18.7. The second-order valence-corrected chi connectivity index (χ2v) is 4.97. The van der Waals surface area contributed by atoms with Crippen LogP contribution in [0.1, 0.15) is 13.8 Å². The van der Waals surface area contributed by atoms with Gasteiger partial charge in [-0.1, -0.05) is 6.07 Å². The van der Waals surface area contributed by atoms with Crippen molar-refractivity contribution in [2.45, 2.75) is 26.0 Å². The maximum atomic E-state index is 13.0. The summed E-state index contributed by atoms with van der Waals surface area (Å²) in [4.78, 5) is 2.40. The molecular formula is C14H21FN2O. The van der Waals surface area contributed by atoms with E-state index in [0.29, 0.717) is 12.6 Å². The molecule has 100 valence electrons. The zero-order valence-corrected chi connectivity index (χ0v) is 11.0. The molecular weight excluding hydrogens is 231 g/mol. The number of halogens is 1. The van der Waals surface area contributed by atoms with Crippen LogP contribution in [0, 0.1) is 5.82 Å². The largest absolute Gasteiger partial charge is 0.382 e. The highest BCUT2D eigenvalue weighted by molar-refractivity contribution is 5.43. The van der Waals surface area contributed by atoms with E-state index in [0.717, 1.165) is 25.4 Å². The van der Waals surface area contributed by atoms with Gasteiger partial charge in [0.15, 0.2) is 0 Å². The molecule has 1 aliphatic rings. The summed E-state index contributed by atoms with van der Waals surface area (Å²) in [6, 6.07) is 7.07. The second kappa shape index (κ2) is 6.16. The second-order valence-electron chi connectivity index (χ2n) is 4.97. The van der Waals surface area contributed by atoms with Crippen molar-refractivity contribution in [2.75, 3.05) is 31.6 Å². The lowest BCUT2D eigenvalue weighted by atomic mass is 10.2. The third kappa shape index (κ3) is 3.68. The van der Waals surface area contributed by atoms with E-state index in [9.17, 15) is 4.39 Å². The van der Waals surface area contributed by atoms with Crippen molar-refractivity contribution in [3.63, 3.8) is 0 Å². The molecule has 1 heterocycles. The van der Waals surface area contributed by atoms with Gasteiger partial charge in [-0.25, -0.2) is 4.39 Å². The van der Waals surface area contributed by atoms with Crippen LogP contribution in [0.5, 0.6) is 0 Å². The monoisotopic (exact) mass is 252 g/mol. The Bertz CT molecular complexity index is 384. The van der Waals surface area contributed by atoms with Gasteiger partial charge >= 0.3 is 0 Å². The van der Waals surface area contributed by atoms with Gasteiger partial charge in [0.25, 0.3) is 0 Å². The van der Waals surface area contributed by atoms with Crippen LogP contribution in [0.4, 0.5) is 10.1 Å². The van der Waals surface area contributed by atoms with Gasteiger partial charge in [0.2, 0.25) is 0 Å². The summed E-state index contributed by atoms with van der Waals surface area (Å²) in [7, 11) is 0. The molecule has 1 saturated heterocycles. The summed E-state index contributed by atoms with van der Waals surface area (Å²) >= 11 is 0. The van der Waals surface area contributed by atoms with Gasteiger partial charge in [-0.2, -0.15) is 0 Å². The van der Waals surface area contributed by atoms with E-state index >= 15 is 0 Å². The average molecular weight is 252 g/mol. The van der Waals surface area contributed by atoms with Crippen molar-refractivity contribution in [1.29, 1.82) is 0 Å². The van der Waals surface area contributed by atoms with E-state index in [2.05, 4.69) is 24.1 Å². The van der Waals surface area contributed by atoms with Crippen LogP contribution in [-0.2, 0) is 4.74 Å². The standard InChI is InChI=1S/C14H21FN2O/c1-11(2)17-6-7-18-14(10-17)9-16-13-5-3-4-12(15)8-13/h3-5,8,11,14,16H,6-7,9-10H2,1-2H3. The van der Waals surface area contributed by atoms with Gasteiger partial charge < -0.3 is 10.1 Å². The molecule has 0 aromatic heterocycles. The first-order chi connectivity index (χ1) is 8.65. The maximum absolute atomic E-state index is 13.0. The molecule has 18 heavy (non-hydrogen) atoms. The predicted molar refractivity (Wildman–Crippen MR) is 71.3 cm³/mol. The van der Waals surface area contributed by atoms with Crippen molar-refractivity contribution >= 4 is 5.69 Å². The summed E-state index contributed by atoms with van der Waals surface area (Å²) in [5.74, 6) is -0.214. The Morgan fingerprint density at radius 3 is 3.06 bits per heavy atom. The minimum Gasteiger partial charge on any atom is -0.382 e. The van der Waals surface area contributed by atoms with Crippen LogP contribution < -0.4 is 5.32 Å². The smallest absolute Gasteiger partial charge is 0.125 e. The van der Waals surface area contributed by atoms with Gasteiger partial charge in [-0.3, -0.25) is 4.90 Å². The van der Waals surface area contributed by atoms with Crippen molar-refractivity contribution in [3.8, 4) is 0 Å². The number of hydrogen-bond acceptors (Lipinski definition) is 3. The lowest BCUT2D eigenvalue weighted by Crippen LogP contribution is -2.48. The van der Waals surface area contributed by atoms with Crippen LogP contribution in [0.15, 0.2) is 24.3 Å².